The van der Waals surface area contributed by atoms with Gasteiger partial charge in [-0.2, -0.15) is 0 Å². The Labute approximate surface area is 174 Å². The first kappa shape index (κ1) is 50.4. The first-order valence-electron chi connectivity index (χ1n) is 8.86. The zero-order valence-electron chi connectivity index (χ0n) is 17.3. The maximum atomic E-state index is 12.0. The molecule has 0 aliphatic heterocycles. The predicted molar refractivity (Wildman–Crippen MR) is 128 cm³/mol. The van der Waals surface area contributed by atoms with Gasteiger partial charge in [-0.15, -0.1) is 6.58 Å². The van der Waals surface area contributed by atoms with Gasteiger partial charge in [-0.05, 0) is 31.1 Å². The van der Waals surface area contributed by atoms with Crippen molar-refractivity contribution in [3.8, 4) is 0 Å². The molecule has 0 spiro atoms. The van der Waals surface area contributed by atoms with Crippen molar-refractivity contribution in [1.29, 1.82) is 0 Å². The van der Waals surface area contributed by atoms with Gasteiger partial charge in [0.1, 0.15) is 0 Å². The molecule has 0 N–H and O–H groups in total. The van der Waals surface area contributed by atoms with Gasteiger partial charge >= 0.3 is 0 Å². The molecule has 0 amide bonds. The monoisotopic (exact) mass is 404 g/mol. The Morgan fingerprint density at radius 1 is 0.704 bits per heavy atom. The quantitative estimate of drug-likeness (QED) is 0.400. The molecule has 0 fully saturated rings. The fraction of sp³-hybridized carbons (Fsp3) is 0.917. The molecule has 0 aromatic carbocycles. The second-order valence-corrected chi connectivity index (χ2v) is 7.27. The molecule has 0 saturated carbocycles. The molecule has 0 heterocycles. The van der Waals surface area contributed by atoms with E-state index in [1.165, 1.54) is 20.3 Å². The zero-order valence-corrected chi connectivity index (χ0v) is 17.3. The molecule has 0 radical (unpaired) electrons. The van der Waals surface area contributed by atoms with E-state index in [1.807, 2.05) is 19.9 Å². The van der Waals surface area contributed by atoms with E-state index in [4.69, 9.17) is 0 Å². The second-order valence-electron chi connectivity index (χ2n) is 7.27. The second kappa shape index (κ2) is 36.4. The van der Waals surface area contributed by atoms with Gasteiger partial charge in [0.15, 0.2) is 0 Å². The van der Waals surface area contributed by atoms with Gasteiger partial charge in [0.25, 0.3) is 0 Å². The van der Waals surface area contributed by atoms with Crippen LogP contribution in [-0.4, -0.2) is 12.6 Å². The van der Waals surface area contributed by atoms with Crippen molar-refractivity contribution >= 4 is 0 Å². The summed E-state index contributed by atoms with van der Waals surface area (Å²) in [5, 5.41) is 0. The van der Waals surface area contributed by atoms with Gasteiger partial charge in [0.05, 0.1) is 6.17 Å². The van der Waals surface area contributed by atoms with Gasteiger partial charge in [-0.3, -0.25) is 0 Å². The van der Waals surface area contributed by atoms with Crippen LogP contribution in [0.15, 0.2) is 12.7 Å². The average Bonchev–Trinajstić information content (AvgIpc) is 2.38. The van der Waals surface area contributed by atoms with Crippen molar-refractivity contribution in [3.05, 3.63) is 12.7 Å². The Morgan fingerprint density at radius 3 is 0.926 bits per heavy atom. The first-order chi connectivity index (χ1) is 10.3. The number of rotatable bonds is 5. The molecule has 0 nitrogen and oxygen atoms in total. The van der Waals surface area contributed by atoms with Crippen LogP contribution >= 0.6 is 0 Å². The lowest BCUT2D eigenvalue weighted by Crippen LogP contribution is -1.99. The molecule has 3 heteroatoms. The predicted octanol–water partition coefficient (Wildman–Crippen LogP) is 10.7. The van der Waals surface area contributed by atoms with Gasteiger partial charge in [0.2, 0.25) is 6.43 Å². The molecule has 0 aliphatic carbocycles. The normalized spacial score (nSPS) is 9.70. The van der Waals surface area contributed by atoms with E-state index in [9.17, 15) is 13.2 Å². The fourth-order valence-corrected chi connectivity index (χ4v) is 0.650. The minimum Gasteiger partial charge on any atom is -0.248 e. The Bertz CT molecular complexity index is 196. The summed E-state index contributed by atoms with van der Waals surface area (Å²) >= 11 is 0. The van der Waals surface area contributed by atoms with Gasteiger partial charge < -0.3 is 0 Å². The Morgan fingerprint density at radius 2 is 0.926 bits per heavy atom. The molecular weight excluding hydrogens is 345 g/mol. The van der Waals surface area contributed by atoms with Crippen LogP contribution in [0.5, 0.6) is 0 Å². The summed E-state index contributed by atoms with van der Waals surface area (Å²) in [6, 6.07) is 0. The summed E-state index contributed by atoms with van der Waals surface area (Å²) < 4.78 is 34.3. The maximum absolute atomic E-state index is 12.0. The summed E-state index contributed by atoms with van der Waals surface area (Å²) in [4.78, 5) is 0. The summed E-state index contributed by atoms with van der Waals surface area (Å²) in [6.45, 7) is 23.0. The van der Waals surface area contributed by atoms with E-state index < -0.39 is 18.5 Å². The SMILES string of the molecule is C.C.C.C.C=CC(C)C.CC(C)C(F)F.CC(C)CC(C)F.CCC(C)C. The van der Waals surface area contributed by atoms with Crippen molar-refractivity contribution in [2.24, 2.45) is 23.7 Å². The minimum atomic E-state index is -2.15. The lowest BCUT2D eigenvalue weighted by atomic mass is 10.1. The van der Waals surface area contributed by atoms with E-state index >= 15 is 0 Å². The van der Waals surface area contributed by atoms with Crippen LogP contribution in [0.4, 0.5) is 13.2 Å². The van der Waals surface area contributed by atoms with E-state index in [-0.39, 0.29) is 29.7 Å². The molecule has 0 aliphatic rings. The largest absolute Gasteiger partial charge is 0.248 e. The standard InChI is InChI=1S/C6H13F.C5H12.C5H10.C4H8F2.4CH4/c1-5(2)4-6(3)7;2*1-4-5(2)3;1-3(2)4(5)6;;;;/h5-6H,4H2,1-3H3;5H,4H2,1-3H3;4-5H,1H2,2-3H3;3-4H,1-2H3;4*1H4. The molecule has 1 unspecified atom stereocenters. The minimum absolute atomic E-state index is 0. The number of alkyl halides is 3. The molecule has 1 atom stereocenters. The summed E-state index contributed by atoms with van der Waals surface area (Å²) in [6.07, 6.45) is 1.14. The highest BCUT2D eigenvalue weighted by atomic mass is 19.3. The molecule has 0 aromatic rings. The highest BCUT2D eigenvalue weighted by molar-refractivity contribution is 4.69. The smallest absolute Gasteiger partial charge is 0.240 e. The molecular formula is C24H59F3. The third kappa shape index (κ3) is 106. The van der Waals surface area contributed by atoms with Crippen LogP contribution < -0.4 is 0 Å². The summed E-state index contributed by atoms with van der Waals surface area (Å²) in [5.41, 5.74) is 0. The molecule has 27 heavy (non-hydrogen) atoms. The van der Waals surface area contributed by atoms with E-state index in [0.717, 1.165) is 5.92 Å². The van der Waals surface area contributed by atoms with Crippen LogP contribution in [0, 0.1) is 23.7 Å². The van der Waals surface area contributed by atoms with Gasteiger partial charge in [0, 0.05) is 5.92 Å². The molecule has 0 saturated heterocycles. The zero-order chi connectivity index (χ0) is 19.6. The third-order valence-corrected chi connectivity index (χ3v) is 2.59. The summed E-state index contributed by atoms with van der Waals surface area (Å²) in [5.74, 6) is 1.55. The lowest BCUT2D eigenvalue weighted by molar-refractivity contribution is 0.0955. The molecule has 0 rings (SSSR count). The van der Waals surface area contributed by atoms with Crippen molar-refractivity contribution < 1.29 is 13.2 Å². The topological polar surface area (TPSA) is 0 Å². The number of allylic oxidation sites excluding steroid dienone is 1. The third-order valence-electron chi connectivity index (χ3n) is 2.59. The number of hydrogen-bond acceptors (Lipinski definition) is 0. The van der Waals surface area contributed by atoms with E-state index in [0.29, 0.717) is 18.3 Å². The van der Waals surface area contributed by atoms with Crippen molar-refractivity contribution in [3.63, 3.8) is 0 Å². The Kier molecular flexibility index (Phi) is 68.0. The highest BCUT2D eigenvalue weighted by Gasteiger charge is 2.05. The van der Waals surface area contributed by atoms with Crippen molar-refractivity contribution in [2.45, 2.75) is 124 Å². The van der Waals surface area contributed by atoms with E-state index in [2.05, 4.69) is 41.2 Å². The van der Waals surface area contributed by atoms with Crippen LogP contribution in [0.2, 0.25) is 0 Å². The molecule has 0 bridgehead atoms. The van der Waals surface area contributed by atoms with Crippen LogP contribution in [0.1, 0.15) is 112 Å². The van der Waals surface area contributed by atoms with Crippen molar-refractivity contribution in [1.82, 2.24) is 0 Å². The Hall–Kier alpha value is -0.470. The van der Waals surface area contributed by atoms with Gasteiger partial charge in [-0.25, -0.2) is 13.2 Å². The van der Waals surface area contributed by atoms with Crippen molar-refractivity contribution in [2.75, 3.05) is 0 Å². The van der Waals surface area contributed by atoms with Crippen LogP contribution in [0.3, 0.4) is 0 Å². The average molecular weight is 405 g/mol. The molecule has 0 aromatic heterocycles. The van der Waals surface area contributed by atoms with Gasteiger partial charge in [-0.1, -0.05) is 105 Å². The van der Waals surface area contributed by atoms with E-state index in [1.54, 1.807) is 6.92 Å². The first-order valence-corrected chi connectivity index (χ1v) is 8.86. The maximum Gasteiger partial charge on any atom is 0.240 e. The van der Waals surface area contributed by atoms with Crippen LogP contribution in [0.25, 0.3) is 0 Å². The lowest BCUT2D eigenvalue weighted by Gasteiger charge is -2.02. The number of halogens is 3. The fourth-order valence-electron chi connectivity index (χ4n) is 0.650. The van der Waals surface area contributed by atoms with Crippen LogP contribution in [-0.2, 0) is 0 Å². The Balaban J connectivity index is -0.0000000286. The molecule has 176 valence electrons. The summed E-state index contributed by atoms with van der Waals surface area (Å²) in [7, 11) is 0. The highest BCUT2D eigenvalue weighted by Crippen LogP contribution is 2.05. The number of hydrogen-bond donors (Lipinski definition) is 0.